The largest absolute Gasteiger partial charge is 0.309 e. The number of piperidine rings is 1. The third-order valence-corrected chi connectivity index (χ3v) is 4.00. The monoisotopic (exact) mass is 314 g/mol. The Morgan fingerprint density at radius 1 is 1.30 bits per heavy atom. The second-order valence-electron chi connectivity index (χ2n) is 5.69. The van der Waals surface area contributed by atoms with Gasteiger partial charge in [-0.15, -0.1) is 0 Å². The molecule has 0 bridgehead atoms. The quantitative estimate of drug-likeness (QED) is 0.942. The lowest BCUT2D eigenvalue weighted by Gasteiger charge is -2.34. The van der Waals surface area contributed by atoms with Crippen LogP contribution < -0.4 is 5.32 Å². The van der Waals surface area contributed by atoms with Gasteiger partial charge in [-0.05, 0) is 43.1 Å². The molecule has 23 heavy (non-hydrogen) atoms. The van der Waals surface area contributed by atoms with Crippen molar-refractivity contribution in [2.45, 2.75) is 31.8 Å². The summed E-state index contributed by atoms with van der Waals surface area (Å²) < 4.78 is 12.9. The first-order chi connectivity index (χ1) is 11.2. The van der Waals surface area contributed by atoms with Gasteiger partial charge in [-0.2, -0.15) is 0 Å². The fraction of sp³-hybridized carbons (Fsp3) is 0.353. The average Bonchev–Trinajstić information content (AvgIpc) is 2.58. The predicted octanol–water partition coefficient (Wildman–Crippen LogP) is 2.61. The lowest BCUT2D eigenvalue weighted by atomic mass is 10.0. The van der Waals surface area contributed by atoms with E-state index in [1.54, 1.807) is 6.20 Å². The van der Waals surface area contributed by atoms with Crippen LogP contribution in [0.25, 0.3) is 0 Å². The van der Waals surface area contributed by atoms with Crippen LogP contribution in [0.5, 0.6) is 0 Å². The van der Waals surface area contributed by atoms with E-state index in [0.29, 0.717) is 12.4 Å². The molecule has 1 saturated heterocycles. The lowest BCUT2D eigenvalue weighted by molar-refractivity contribution is -0.122. The number of pyridine rings is 2. The average molecular weight is 314 g/mol. The smallest absolute Gasteiger partial charge is 0.242 e. The van der Waals surface area contributed by atoms with Crippen LogP contribution in [0.15, 0.2) is 42.9 Å². The minimum Gasteiger partial charge on any atom is -0.309 e. The molecule has 0 saturated carbocycles. The number of anilines is 1. The standard InChI is InChI=1S/C17H19FN4O/c18-14-6-7-16(20-11-14)21-17(23)15-5-1-2-9-22(15)12-13-4-3-8-19-10-13/h3-4,6-8,10-11,15H,1-2,5,9,12H2,(H,20,21,23)/t15-/m0/s1. The van der Waals surface area contributed by atoms with Gasteiger partial charge in [-0.25, -0.2) is 9.37 Å². The number of halogens is 1. The van der Waals surface area contributed by atoms with Crippen molar-refractivity contribution in [3.05, 3.63) is 54.2 Å². The number of amides is 1. The molecule has 3 heterocycles. The SMILES string of the molecule is O=C(Nc1ccc(F)cn1)[C@@H]1CCCCN1Cc1cccnc1. The molecule has 1 aliphatic rings. The molecule has 0 unspecified atom stereocenters. The van der Waals surface area contributed by atoms with E-state index < -0.39 is 5.82 Å². The second kappa shape index (κ2) is 7.28. The molecule has 1 aliphatic heterocycles. The summed E-state index contributed by atoms with van der Waals surface area (Å²) >= 11 is 0. The topological polar surface area (TPSA) is 58.1 Å². The molecular formula is C17H19FN4O. The van der Waals surface area contributed by atoms with Crippen LogP contribution in [-0.4, -0.2) is 33.4 Å². The molecule has 5 nitrogen and oxygen atoms in total. The molecule has 2 aromatic rings. The number of hydrogen-bond acceptors (Lipinski definition) is 4. The Balaban J connectivity index is 1.67. The van der Waals surface area contributed by atoms with Gasteiger partial charge in [0.1, 0.15) is 11.6 Å². The number of likely N-dealkylation sites (tertiary alicyclic amines) is 1. The summed E-state index contributed by atoms with van der Waals surface area (Å²) in [5.74, 6) is -0.130. The van der Waals surface area contributed by atoms with Gasteiger partial charge in [-0.3, -0.25) is 14.7 Å². The van der Waals surface area contributed by atoms with Crippen molar-refractivity contribution in [1.29, 1.82) is 0 Å². The highest BCUT2D eigenvalue weighted by molar-refractivity contribution is 5.94. The number of nitrogens with zero attached hydrogens (tertiary/aromatic N) is 3. The Morgan fingerprint density at radius 3 is 2.96 bits per heavy atom. The van der Waals surface area contributed by atoms with Crippen LogP contribution in [0.2, 0.25) is 0 Å². The minimum absolute atomic E-state index is 0.0901. The van der Waals surface area contributed by atoms with E-state index in [1.165, 1.54) is 12.1 Å². The molecule has 1 N–H and O–H groups in total. The Labute approximate surface area is 134 Å². The fourth-order valence-electron chi connectivity index (χ4n) is 2.86. The van der Waals surface area contributed by atoms with Gasteiger partial charge in [0.05, 0.1) is 12.2 Å². The molecule has 1 atom stereocenters. The van der Waals surface area contributed by atoms with Crippen molar-refractivity contribution >= 4 is 11.7 Å². The molecular weight excluding hydrogens is 295 g/mol. The van der Waals surface area contributed by atoms with E-state index in [2.05, 4.69) is 20.2 Å². The molecule has 0 aromatic carbocycles. The third kappa shape index (κ3) is 4.10. The molecule has 0 radical (unpaired) electrons. The Bertz CT molecular complexity index is 647. The van der Waals surface area contributed by atoms with Crippen molar-refractivity contribution in [2.75, 3.05) is 11.9 Å². The van der Waals surface area contributed by atoms with Crippen molar-refractivity contribution in [1.82, 2.24) is 14.9 Å². The van der Waals surface area contributed by atoms with E-state index >= 15 is 0 Å². The van der Waals surface area contributed by atoms with Crippen molar-refractivity contribution < 1.29 is 9.18 Å². The van der Waals surface area contributed by atoms with Gasteiger partial charge in [0.2, 0.25) is 5.91 Å². The number of rotatable bonds is 4. The summed E-state index contributed by atoms with van der Waals surface area (Å²) in [7, 11) is 0. The third-order valence-electron chi connectivity index (χ3n) is 4.00. The zero-order chi connectivity index (χ0) is 16.1. The van der Waals surface area contributed by atoms with Crippen molar-refractivity contribution in [3.63, 3.8) is 0 Å². The number of nitrogens with one attached hydrogen (secondary N) is 1. The maximum Gasteiger partial charge on any atom is 0.242 e. The number of aromatic nitrogens is 2. The minimum atomic E-state index is -0.418. The van der Waals surface area contributed by atoms with Crippen LogP contribution in [0.4, 0.5) is 10.2 Å². The summed E-state index contributed by atoms with van der Waals surface area (Å²) in [4.78, 5) is 22.7. The summed E-state index contributed by atoms with van der Waals surface area (Å²) in [5, 5.41) is 2.78. The lowest BCUT2D eigenvalue weighted by Crippen LogP contribution is -2.46. The molecule has 3 rings (SSSR count). The maximum atomic E-state index is 12.9. The molecule has 120 valence electrons. The van der Waals surface area contributed by atoms with Gasteiger partial charge in [0, 0.05) is 18.9 Å². The van der Waals surface area contributed by atoms with Gasteiger partial charge < -0.3 is 5.32 Å². The molecule has 0 aliphatic carbocycles. The van der Waals surface area contributed by atoms with Crippen LogP contribution >= 0.6 is 0 Å². The summed E-state index contributed by atoms with van der Waals surface area (Å²) in [6, 6.07) is 6.48. The number of hydrogen-bond donors (Lipinski definition) is 1. The highest BCUT2D eigenvalue weighted by atomic mass is 19.1. The molecule has 6 heteroatoms. The summed E-state index contributed by atoms with van der Waals surface area (Å²) in [5.41, 5.74) is 1.09. The van der Waals surface area contributed by atoms with E-state index in [9.17, 15) is 9.18 Å². The Hall–Kier alpha value is -2.34. The predicted molar refractivity (Wildman–Crippen MR) is 85.1 cm³/mol. The first-order valence-corrected chi connectivity index (χ1v) is 7.78. The zero-order valence-electron chi connectivity index (χ0n) is 12.8. The van der Waals surface area contributed by atoms with Crippen molar-refractivity contribution in [2.24, 2.45) is 0 Å². The van der Waals surface area contributed by atoms with E-state index in [4.69, 9.17) is 0 Å². The van der Waals surface area contributed by atoms with Gasteiger partial charge in [-0.1, -0.05) is 12.5 Å². The molecule has 1 amide bonds. The number of carbonyl (C=O) groups is 1. The van der Waals surface area contributed by atoms with Gasteiger partial charge in [0.25, 0.3) is 0 Å². The summed E-state index contributed by atoms with van der Waals surface area (Å²) in [6.45, 7) is 1.58. The van der Waals surface area contributed by atoms with Crippen LogP contribution in [-0.2, 0) is 11.3 Å². The second-order valence-corrected chi connectivity index (χ2v) is 5.69. The van der Waals surface area contributed by atoms with Gasteiger partial charge >= 0.3 is 0 Å². The maximum absolute atomic E-state index is 12.9. The van der Waals surface area contributed by atoms with E-state index in [0.717, 1.165) is 37.6 Å². The molecule has 0 spiro atoms. The van der Waals surface area contributed by atoms with Crippen LogP contribution in [0, 0.1) is 5.82 Å². The molecule has 2 aromatic heterocycles. The number of carbonyl (C=O) groups excluding carboxylic acids is 1. The van der Waals surface area contributed by atoms with Gasteiger partial charge in [0.15, 0.2) is 0 Å². The Morgan fingerprint density at radius 2 is 2.22 bits per heavy atom. The summed E-state index contributed by atoms with van der Waals surface area (Å²) in [6.07, 6.45) is 7.59. The normalized spacial score (nSPS) is 18.6. The first kappa shape index (κ1) is 15.6. The van der Waals surface area contributed by atoms with E-state index in [1.807, 2.05) is 18.3 Å². The van der Waals surface area contributed by atoms with Crippen molar-refractivity contribution in [3.8, 4) is 0 Å². The molecule has 1 fully saturated rings. The van der Waals surface area contributed by atoms with E-state index in [-0.39, 0.29) is 11.9 Å². The Kier molecular flexibility index (Phi) is 4.92. The highest BCUT2D eigenvalue weighted by Crippen LogP contribution is 2.20. The zero-order valence-corrected chi connectivity index (χ0v) is 12.8. The van der Waals surface area contributed by atoms with Crippen LogP contribution in [0.3, 0.4) is 0 Å². The highest BCUT2D eigenvalue weighted by Gasteiger charge is 2.28. The fourth-order valence-corrected chi connectivity index (χ4v) is 2.86. The van der Waals surface area contributed by atoms with Crippen LogP contribution in [0.1, 0.15) is 24.8 Å². The first-order valence-electron chi connectivity index (χ1n) is 7.78.